The van der Waals surface area contributed by atoms with Crippen molar-refractivity contribution in [3.63, 3.8) is 0 Å². The fraction of sp³-hybridized carbons (Fsp3) is 0.368. The highest BCUT2D eigenvalue weighted by Crippen LogP contribution is 2.27. The standard InChI is InChI=1S/C19H21N5O2/c1-12-21-16-9-4-13(11-17(16)22-12)19(26)23-14-5-7-15(8-6-14)24-18(25)3-2-10-20-24/h2-4,9-11,14-15H,5-8H2,1H3,(H,21,22)(H,23,26). The van der Waals surface area contributed by atoms with Crippen LogP contribution in [0, 0.1) is 6.92 Å². The zero-order valence-electron chi connectivity index (χ0n) is 14.6. The maximum atomic E-state index is 12.6. The molecule has 1 saturated carbocycles. The summed E-state index contributed by atoms with van der Waals surface area (Å²) in [6.07, 6.45) is 4.99. The van der Waals surface area contributed by atoms with E-state index in [2.05, 4.69) is 20.4 Å². The number of amides is 1. The molecule has 2 heterocycles. The summed E-state index contributed by atoms with van der Waals surface area (Å²) in [6, 6.07) is 8.93. The molecule has 134 valence electrons. The van der Waals surface area contributed by atoms with E-state index in [-0.39, 0.29) is 23.6 Å². The molecule has 3 aromatic rings. The van der Waals surface area contributed by atoms with Crippen LogP contribution in [-0.2, 0) is 0 Å². The Bertz CT molecular complexity index is 998. The van der Waals surface area contributed by atoms with E-state index in [1.54, 1.807) is 23.0 Å². The van der Waals surface area contributed by atoms with Gasteiger partial charge in [0.15, 0.2) is 0 Å². The topological polar surface area (TPSA) is 92.7 Å². The lowest BCUT2D eigenvalue weighted by molar-refractivity contribution is 0.0921. The summed E-state index contributed by atoms with van der Waals surface area (Å²) in [5.74, 6) is 0.762. The second-order valence-corrected chi connectivity index (χ2v) is 6.84. The van der Waals surface area contributed by atoms with Crippen LogP contribution >= 0.6 is 0 Å². The minimum absolute atomic E-state index is 0.0665. The van der Waals surface area contributed by atoms with E-state index < -0.39 is 0 Å². The van der Waals surface area contributed by atoms with Gasteiger partial charge in [0.1, 0.15) is 5.82 Å². The summed E-state index contributed by atoms with van der Waals surface area (Å²) >= 11 is 0. The van der Waals surface area contributed by atoms with Crippen molar-refractivity contribution in [1.29, 1.82) is 0 Å². The van der Waals surface area contributed by atoms with Crippen LogP contribution in [0.1, 0.15) is 47.9 Å². The first-order valence-electron chi connectivity index (χ1n) is 8.91. The fourth-order valence-corrected chi connectivity index (χ4v) is 3.66. The lowest BCUT2D eigenvalue weighted by Gasteiger charge is -2.29. The van der Waals surface area contributed by atoms with Crippen LogP contribution in [0.5, 0.6) is 0 Å². The third-order valence-electron chi connectivity index (χ3n) is 4.98. The molecule has 1 aliphatic rings. The Morgan fingerprint density at radius 3 is 2.81 bits per heavy atom. The highest BCUT2D eigenvalue weighted by atomic mass is 16.1. The van der Waals surface area contributed by atoms with Gasteiger partial charge in [0.25, 0.3) is 11.5 Å². The van der Waals surface area contributed by atoms with Gasteiger partial charge in [-0.25, -0.2) is 9.67 Å². The van der Waals surface area contributed by atoms with Gasteiger partial charge in [-0.15, -0.1) is 0 Å². The summed E-state index contributed by atoms with van der Waals surface area (Å²) in [7, 11) is 0. The van der Waals surface area contributed by atoms with Crippen LogP contribution in [0.3, 0.4) is 0 Å². The molecule has 0 bridgehead atoms. The largest absolute Gasteiger partial charge is 0.349 e. The van der Waals surface area contributed by atoms with Crippen LogP contribution in [0.2, 0.25) is 0 Å². The number of fused-ring (bicyclic) bond motifs is 1. The molecule has 1 aromatic carbocycles. The summed E-state index contributed by atoms with van der Waals surface area (Å²) in [5, 5.41) is 7.29. The normalized spacial score (nSPS) is 20.2. The molecule has 0 unspecified atom stereocenters. The number of aromatic nitrogens is 4. The number of benzene rings is 1. The molecule has 1 aliphatic carbocycles. The van der Waals surface area contributed by atoms with Gasteiger partial charge in [0.2, 0.25) is 0 Å². The lowest BCUT2D eigenvalue weighted by Crippen LogP contribution is -2.39. The van der Waals surface area contributed by atoms with Crippen molar-refractivity contribution in [2.24, 2.45) is 0 Å². The Morgan fingerprint density at radius 2 is 2.04 bits per heavy atom. The Morgan fingerprint density at radius 1 is 1.23 bits per heavy atom. The Kier molecular flexibility index (Phi) is 4.28. The van der Waals surface area contributed by atoms with Crippen LogP contribution < -0.4 is 10.9 Å². The number of nitrogens with zero attached hydrogens (tertiary/aromatic N) is 3. The van der Waals surface area contributed by atoms with Gasteiger partial charge in [-0.3, -0.25) is 9.59 Å². The zero-order valence-corrected chi connectivity index (χ0v) is 14.6. The quantitative estimate of drug-likeness (QED) is 0.757. The van der Waals surface area contributed by atoms with Crippen molar-refractivity contribution in [1.82, 2.24) is 25.1 Å². The molecule has 7 nitrogen and oxygen atoms in total. The van der Waals surface area contributed by atoms with Crippen molar-refractivity contribution >= 4 is 16.9 Å². The molecule has 2 aromatic heterocycles. The molecule has 0 radical (unpaired) electrons. The molecule has 1 amide bonds. The highest BCUT2D eigenvalue weighted by molar-refractivity contribution is 5.97. The lowest BCUT2D eigenvalue weighted by atomic mass is 9.91. The van der Waals surface area contributed by atoms with Crippen LogP contribution in [0.25, 0.3) is 11.0 Å². The monoisotopic (exact) mass is 351 g/mol. The first-order valence-corrected chi connectivity index (χ1v) is 8.91. The minimum atomic E-state index is -0.0717. The SMILES string of the molecule is Cc1nc2ccc(C(=O)NC3CCC(n4ncccc4=O)CC3)cc2[nH]1. The molecule has 1 fully saturated rings. The van der Waals surface area contributed by atoms with Crippen molar-refractivity contribution in [2.45, 2.75) is 44.7 Å². The fourth-order valence-electron chi connectivity index (χ4n) is 3.66. The van der Waals surface area contributed by atoms with Crippen molar-refractivity contribution in [3.8, 4) is 0 Å². The molecule has 7 heteroatoms. The van der Waals surface area contributed by atoms with Gasteiger partial charge >= 0.3 is 0 Å². The number of carbonyl (C=O) groups excluding carboxylic acids is 1. The van der Waals surface area contributed by atoms with Crippen molar-refractivity contribution in [3.05, 3.63) is 58.3 Å². The summed E-state index contributed by atoms with van der Waals surface area (Å²) in [6.45, 7) is 1.89. The van der Waals surface area contributed by atoms with E-state index in [9.17, 15) is 9.59 Å². The zero-order chi connectivity index (χ0) is 18.1. The molecule has 0 saturated heterocycles. The molecule has 26 heavy (non-hydrogen) atoms. The predicted octanol–water partition coefficient (Wildman–Crippen LogP) is 2.34. The van der Waals surface area contributed by atoms with Gasteiger partial charge in [-0.2, -0.15) is 5.10 Å². The number of aromatic amines is 1. The van der Waals surface area contributed by atoms with E-state index in [1.165, 1.54) is 6.07 Å². The van der Waals surface area contributed by atoms with E-state index >= 15 is 0 Å². The number of aryl methyl sites for hydroxylation is 1. The summed E-state index contributed by atoms with van der Waals surface area (Å²) in [5.41, 5.74) is 2.29. The van der Waals surface area contributed by atoms with E-state index in [0.29, 0.717) is 5.56 Å². The third-order valence-corrected chi connectivity index (χ3v) is 4.98. The smallest absolute Gasteiger partial charge is 0.266 e. The first kappa shape index (κ1) is 16.5. The minimum Gasteiger partial charge on any atom is -0.349 e. The Labute approximate surface area is 150 Å². The molecular weight excluding hydrogens is 330 g/mol. The van der Waals surface area contributed by atoms with Gasteiger partial charge in [0, 0.05) is 23.9 Å². The molecular formula is C19H21N5O2. The average molecular weight is 351 g/mol. The number of rotatable bonds is 3. The maximum Gasteiger partial charge on any atom is 0.266 e. The number of imidazole rings is 1. The second-order valence-electron chi connectivity index (χ2n) is 6.84. The second kappa shape index (κ2) is 6.74. The Hall–Kier alpha value is -2.96. The number of H-pyrrole nitrogens is 1. The number of nitrogens with one attached hydrogen (secondary N) is 2. The van der Waals surface area contributed by atoms with E-state index in [4.69, 9.17) is 0 Å². The summed E-state index contributed by atoms with van der Waals surface area (Å²) in [4.78, 5) is 32.0. The summed E-state index contributed by atoms with van der Waals surface area (Å²) < 4.78 is 1.56. The Balaban J connectivity index is 1.39. The number of hydrogen-bond acceptors (Lipinski definition) is 4. The first-order chi connectivity index (χ1) is 12.6. The number of carbonyl (C=O) groups is 1. The predicted molar refractivity (Wildman–Crippen MR) is 98.1 cm³/mol. The number of hydrogen-bond donors (Lipinski definition) is 2. The van der Waals surface area contributed by atoms with Crippen LogP contribution in [-0.4, -0.2) is 31.7 Å². The van der Waals surface area contributed by atoms with Crippen LogP contribution in [0.15, 0.2) is 41.3 Å². The van der Waals surface area contributed by atoms with E-state index in [1.807, 2.05) is 19.1 Å². The molecule has 0 aliphatic heterocycles. The van der Waals surface area contributed by atoms with Gasteiger partial charge in [0.05, 0.1) is 17.1 Å². The van der Waals surface area contributed by atoms with Crippen molar-refractivity contribution < 1.29 is 4.79 Å². The maximum absolute atomic E-state index is 12.6. The molecule has 0 atom stereocenters. The van der Waals surface area contributed by atoms with Gasteiger partial charge in [-0.1, -0.05) is 0 Å². The molecule has 2 N–H and O–H groups in total. The van der Waals surface area contributed by atoms with Crippen LogP contribution in [0.4, 0.5) is 0 Å². The van der Waals surface area contributed by atoms with Gasteiger partial charge < -0.3 is 10.3 Å². The molecule has 0 spiro atoms. The highest BCUT2D eigenvalue weighted by Gasteiger charge is 2.25. The van der Waals surface area contributed by atoms with Crippen molar-refractivity contribution in [2.75, 3.05) is 0 Å². The van der Waals surface area contributed by atoms with E-state index in [0.717, 1.165) is 42.5 Å². The third kappa shape index (κ3) is 3.24. The molecule has 4 rings (SSSR count). The average Bonchev–Trinajstić information content (AvgIpc) is 3.02. The van der Waals surface area contributed by atoms with Gasteiger partial charge in [-0.05, 0) is 56.9 Å².